The summed E-state index contributed by atoms with van der Waals surface area (Å²) in [6.07, 6.45) is 1.44. The monoisotopic (exact) mass is 356 g/mol. The molecule has 0 radical (unpaired) electrons. The highest BCUT2D eigenvalue weighted by atomic mass is 32.2. The summed E-state index contributed by atoms with van der Waals surface area (Å²) in [5.41, 5.74) is 1.79. The lowest BCUT2D eigenvalue weighted by molar-refractivity contribution is -0.298. The quantitative estimate of drug-likeness (QED) is 0.496. The molecule has 0 saturated heterocycles. The van der Waals surface area contributed by atoms with Crippen LogP contribution in [-0.4, -0.2) is 25.2 Å². The predicted octanol–water partition coefficient (Wildman–Crippen LogP) is 2.73. The van der Waals surface area contributed by atoms with Gasteiger partial charge in [0.1, 0.15) is 17.0 Å². The van der Waals surface area contributed by atoms with Gasteiger partial charge in [0.15, 0.2) is 5.58 Å². The number of thioether (sulfide) groups is 1. The van der Waals surface area contributed by atoms with Gasteiger partial charge in [0, 0.05) is 10.5 Å². The summed E-state index contributed by atoms with van der Waals surface area (Å²) in [7, 11) is 3.04. The number of nitrogens with zero attached hydrogens (tertiary/aromatic N) is 1. The van der Waals surface area contributed by atoms with Gasteiger partial charge in [0.25, 0.3) is 5.22 Å². The summed E-state index contributed by atoms with van der Waals surface area (Å²) < 4.78 is 16.0. The highest BCUT2D eigenvalue weighted by Crippen LogP contribution is 2.33. The molecule has 0 amide bonds. The molecule has 25 heavy (non-hydrogen) atoms. The Labute approximate surface area is 148 Å². The average molecular weight is 356 g/mol. The lowest BCUT2D eigenvalue weighted by Gasteiger charge is -2.10. The fraction of sp³-hybridized carbons (Fsp3) is 0.111. The molecule has 3 rings (SSSR count). The number of carboxylic acids is 1. The van der Waals surface area contributed by atoms with E-state index < -0.39 is 5.97 Å². The summed E-state index contributed by atoms with van der Waals surface area (Å²) in [4.78, 5) is 15.7. The number of oxazole rings is 1. The summed E-state index contributed by atoms with van der Waals surface area (Å²) in [6.45, 7) is 0. The van der Waals surface area contributed by atoms with Crippen molar-refractivity contribution in [3.8, 4) is 11.5 Å². The maximum Gasteiger partial charge on any atom is 0.261 e. The van der Waals surface area contributed by atoms with Crippen LogP contribution in [0.25, 0.3) is 17.2 Å². The fourth-order valence-electron chi connectivity index (χ4n) is 2.21. The SMILES string of the molecule is COc1ccc(OC)c(/C=C(\Sc2nc3ccccc3o2)C(=O)[O-])c1. The molecule has 0 aliphatic rings. The standard InChI is InChI=1S/C18H15NO5S/c1-22-12-7-8-14(23-2)11(9-12)10-16(17(20)21)25-18-19-13-5-3-4-6-15(13)24-18/h3-10H,1-2H3,(H,20,21)/p-1/b16-10-. The van der Waals surface area contributed by atoms with Crippen LogP contribution in [0.5, 0.6) is 11.5 Å². The Balaban J connectivity index is 1.98. The lowest BCUT2D eigenvalue weighted by Crippen LogP contribution is -2.23. The van der Waals surface area contributed by atoms with Crippen molar-refractivity contribution in [1.29, 1.82) is 0 Å². The summed E-state index contributed by atoms with van der Waals surface area (Å²) in [5, 5.41) is 11.8. The molecule has 0 aliphatic carbocycles. The third kappa shape index (κ3) is 3.77. The minimum Gasteiger partial charge on any atom is -0.544 e. The molecule has 0 saturated carbocycles. The second-order valence-electron chi connectivity index (χ2n) is 4.95. The van der Waals surface area contributed by atoms with Crippen LogP contribution in [0, 0.1) is 0 Å². The number of aromatic nitrogens is 1. The van der Waals surface area contributed by atoms with Gasteiger partial charge in [0.05, 0.1) is 20.2 Å². The largest absolute Gasteiger partial charge is 0.544 e. The van der Waals surface area contributed by atoms with Crippen molar-refractivity contribution in [2.75, 3.05) is 14.2 Å². The molecule has 0 aliphatic heterocycles. The molecule has 0 fully saturated rings. The van der Waals surface area contributed by atoms with Crippen molar-refractivity contribution >= 4 is 34.9 Å². The van der Waals surface area contributed by atoms with Gasteiger partial charge >= 0.3 is 0 Å². The number of aliphatic carboxylic acids is 1. The molecule has 2 aromatic carbocycles. The van der Waals surface area contributed by atoms with E-state index in [0.29, 0.717) is 28.2 Å². The highest BCUT2D eigenvalue weighted by molar-refractivity contribution is 8.03. The van der Waals surface area contributed by atoms with Crippen molar-refractivity contribution in [2.24, 2.45) is 0 Å². The zero-order valence-electron chi connectivity index (χ0n) is 13.5. The molecule has 128 valence electrons. The second-order valence-corrected chi connectivity index (χ2v) is 5.95. The number of para-hydroxylation sites is 2. The Morgan fingerprint density at radius 1 is 1.20 bits per heavy atom. The smallest absolute Gasteiger partial charge is 0.261 e. The zero-order chi connectivity index (χ0) is 17.8. The normalized spacial score (nSPS) is 11.5. The van der Waals surface area contributed by atoms with Crippen LogP contribution < -0.4 is 14.6 Å². The molecule has 7 heteroatoms. The number of methoxy groups -OCH3 is 2. The molecule has 1 aromatic heterocycles. The Hall–Kier alpha value is -2.93. The number of fused-ring (bicyclic) bond motifs is 1. The van der Waals surface area contributed by atoms with E-state index in [9.17, 15) is 9.90 Å². The van der Waals surface area contributed by atoms with E-state index >= 15 is 0 Å². The first kappa shape index (κ1) is 16.9. The van der Waals surface area contributed by atoms with Crippen molar-refractivity contribution in [3.05, 3.63) is 52.9 Å². The molecule has 1 heterocycles. The summed E-state index contributed by atoms with van der Waals surface area (Å²) >= 11 is 0.875. The van der Waals surface area contributed by atoms with E-state index in [0.717, 1.165) is 11.8 Å². The van der Waals surface area contributed by atoms with Gasteiger partial charge < -0.3 is 23.8 Å². The van der Waals surface area contributed by atoms with E-state index in [4.69, 9.17) is 13.9 Å². The number of benzene rings is 2. The van der Waals surface area contributed by atoms with Gasteiger partial charge in [-0.2, -0.15) is 0 Å². The lowest BCUT2D eigenvalue weighted by atomic mass is 10.1. The first-order valence-electron chi connectivity index (χ1n) is 7.29. The Bertz CT molecular complexity index is 915. The van der Waals surface area contributed by atoms with Gasteiger partial charge in [-0.15, -0.1) is 0 Å². The van der Waals surface area contributed by atoms with Crippen molar-refractivity contribution in [2.45, 2.75) is 5.22 Å². The number of ether oxygens (including phenoxy) is 2. The molecule has 6 nitrogen and oxygen atoms in total. The Morgan fingerprint density at radius 3 is 2.68 bits per heavy atom. The van der Waals surface area contributed by atoms with E-state index in [2.05, 4.69) is 4.98 Å². The van der Waals surface area contributed by atoms with E-state index in [1.165, 1.54) is 20.3 Å². The Morgan fingerprint density at radius 2 is 2.00 bits per heavy atom. The van der Waals surface area contributed by atoms with E-state index in [1.54, 1.807) is 30.3 Å². The number of carbonyl (C=O) groups is 1. The molecule has 0 unspecified atom stereocenters. The van der Waals surface area contributed by atoms with Gasteiger partial charge in [-0.05, 0) is 48.2 Å². The number of hydrogen-bond donors (Lipinski definition) is 0. The molecular formula is C18H14NO5S-. The first-order chi connectivity index (χ1) is 12.1. The fourth-order valence-corrected chi connectivity index (χ4v) is 2.95. The van der Waals surface area contributed by atoms with Gasteiger partial charge in [-0.25, -0.2) is 4.98 Å². The molecular weight excluding hydrogens is 342 g/mol. The number of rotatable bonds is 6. The van der Waals surface area contributed by atoms with Crippen LogP contribution in [0.3, 0.4) is 0 Å². The molecule has 0 spiro atoms. The molecule has 0 atom stereocenters. The minimum atomic E-state index is -1.34. The minimum absolute atomic E-state index is 0.0573. The zero-order valence-corrected chi connectivity index (χ0v) is 14.3. The molecule has 0 N–H and O–H groups in total. The van der Waals surface area contributed by atoms with Crippen LogP contribution in [-0.2, 0) is 4.79 Å². The third-order valence-corrected chi connectivity index (χ3v) is 4.25. The predicted molar refractivity (Wildman–Crippen MR) is 92.4 cm³/mol. The first-order valence-corrected chi connectivity index (χ1v) is 8.11. The number of carbonyl (C=O) groups excluding carboxylic acids is 1. The molecule has 0 bridgehead atoms. The van der Waals surface area contributed by atoms with Gasteiger partial charge in [-0.3, -0.25) is 0 Å². The highest BCUT2D eigenvalue weighted by Gasteiger charge is 2.12. The number of hydrogen-bond acceptors (Lipinski definition) is 7. The Kier molecular flexibility index (Phi) is 4.95. The number of carboxylic acid groups (broad SMARTS) is 1. The van der Waals surface area contributed by atoms with Crippen LogP contribution in [0.4, 0.5) is 0 Å². The third-order valence-electron chi connectivity index (χ3n) is 3.40. The topological polar surface area (TPSA) is 84.6 Å². The maximum atomic E-state index is 11.5. The summed E-state index contributed by atoms with van der Waals surface area (Å²) in [5.74, 6) is -0.244. The van der Waals surface area contributed by atoms with E-state index in [1.807, 2.05) is 12.1 Å². The average Bonchev–Trinajstić information content (AvgIpc) is 3.03. The maximum absolute atomic E-state index is 11.5. The van der Waals surface area contributed by atoms with Gasteiger partial charge in [0.2, 0.25) is 0 Å². The van der Waals surface area contributed by atoms with E-state index in [-0.39, 0.29) is 10.1 Å². The van der Waals surface area contributed by atoms with Crippen molar-refractivity contribution < 1.29 is 23.8 Å². The van der Waals surface area contributed by atoms with Crippen molar-refractivity contribution in [3.63, 3.8) is 0 Å². The van der Waals surface area contributed by atoms with Gasteiger partial charge in [-0.1, -0.05) is 12.1 Å². The summed E-state index contributed by atoms with van der Waals surface area (Å²) in [6, 6.07) is 12.3. The van der Waals surface area contributed by atoms with Crippen LogP contribution >= 0.6 is 11.8 Å². The van der Waals surface area contributed by atoms with Crippen LogP contribution in [0.2, 0.25) is 0 Å². The van der Waals surface area contributed by atoms with Crippen molar-refractivity contribution in [1.82, 2.24) is 4.98 Å². The second kappa shape index (κ2) is 7.31. The van der Waals surface area contributed by atoms with Crippen LogP contribution in [0.1, 0.15) is 5.56 Å². The molecule has 3 aromatic rings. The van der Waals surface area contributed by atoms with Crippen LogP contribution in [0.15, 0.2) is 57.0 Å².